The van der Waals surface area contributed by atoms with E-state index in [-0.39, 0.29) is 11.3 Å². The van der Waals surface area contributed by atoms with Crippen molar-refractivity contribution in [2.45, 2.75) is 54.0 Å². The van der Waals surface area contributed by atoms with E-state index in [1.54, 1.807) is 0 Å². The first-order valence-electron chi connectivity index (χ1n) is 7.70. The van der Waals surface area contributed by atoms with Crippen molar-refractivity contribution in [3.8, 4) is 0 Å². The number of hydrogen-bond acceptors (Lipinski definition) is 1. The predicted octanol–water partition coefficient (Wildman–Crippen LogP) is 4.50. The first-order chi connectivity index (χ1) is 9.37. The molecule has 1 amide bonds. The fraction of sp³-hybridized carbons (Fsp3) is 0.611. The zero-order chi connectivity index (χ0) is 15.2. The molecule has 2 nitrogen and oxygen atoms in total. The average molecular weight is 275 g/mol. The number of amides is 1. The smallest absolute Gasteiger partial charge is 0.225 e. The second kappa shape index (κ2) is 7.47. The fourth-order valence-corrected chi connectivity index (χ4v) is 2.48. The van der Waals surface area contributed by atoms with Gasteiger partial charge in [-0.1, -0.05) is 65.0 Å². The molecule has 0 aliphatic carbocycles. The Morgan fingerprint density at radius 3 is 2.10 bits per heavy atom. The summed E-state index contributed by atoms with van der Waals surface area (Å²) in [5, 5.41) is 0. The minimum Gasteiger partial charge on any atom is -0.338 e. The predicted molar refractivity (Wildman–Crippen MR) is 85.4 cm³/mol. The lowest BCUT2D eigenvalue weighted by atomic mass is 9.94. The minimum absolute atomic E-state index is 0.122. The Morgan fingerprint density at radius 1 is 1.10 bits per heavy atom. The summed E-state index contributed by atoms with van der Waals surface area (Å²) < 4.78 is 0. The molecule has 0 saturated heterocycles. The number of rotatable bonds is 6. The summed E-state index contributed by atoms with van der Waals surface area (Å²) in [5.41, 5.74) is 1.33. The van der Waals surface area contributed by atoms with E-state index in [0.717, 1.165) is 19.4 Å². The number of carbonyl (C=O) groups is 1. The lowest BCUT2D eigenvalue weighted by molar-refractivity contribution is -0.137. The lowest BCUT2D eigenvalue weighted by Crippen LogP contribution is -2.40. The van der Waals surface area contributed by atoms with Gasteiger partial charge in [0.05, 0.1) is 0 Å². The number of hydrogen-bond donors (Lipinski definition) is 0. The highest BCUT2D eigenvalue weighted by Crippen LogP contribution is 2.21. The van der Waals surface area contributed by atoms with Crippen LogP contribution in [0, 0.1) is 11.3 Å². The van der Waals surface area contributed by atoms with E-state index in [1.807, 2.05) is 23.1 Å². The molecule has 0 aliphatic heterocycles. The van der Waals surface area contributed by atoms with Gasteiger partial charge >= 0.3 is 0 Å². The van der Waals surface area contributed by atoms with Gasteiger partial charge in [-0.15, -0.1) is 0 Å². The van der Waals surface area contributed by atoms with E-state index in [0.29, 0.717) is 12.5 Å². The highest BCUT2D eigenvalue weighted by Gasteiger charge is 2.25. The van der Waals surface area contributed by atoms with E-state index in [4.69, 9.17) is 0 Å². The molecule has 112 valence electrons. The van der Waals surface area contributed by atoms with Gasteiger partial charge in [0.2, 0.25) is 5.91 Å². The molecule has 0 fully saturated rings. The van der Waals surface area contributed by atoms with Crippen molar-refractivity contribution in [3.63, 3.8) is 0 Å². The largest absolute Gasteiger partial charge is 0.338 e. The average Bonchev–Trinajstić information content (AvgIpc) is 2.39. The molecule has 0 unspecified atom stereocenters. The highest BCUT2D eigenvalue weighted by atomic mass is 16.2. The molecule has 1 aromatic rings. The van der Waals surface area contributed by atoms with Gasteiger partial charge in [0.15, 0.2) is 0 Å². The summed E-state index contributed by atoms with van der Waals surface area (Å²) in [6, 6.07) is 10.3. The third kappa shape index (κ3) is 5.36. The third-order valence-corrected chi connectivity index (χ3v) is 3.53. The highest BCUT2D eigenvalue weighted by molar-refractivity contribution is 5.78. The normalized spacial score (nSPS) is 11.7. The molecule has 0 radical (unpaired) electrons. The van der Waals surface area contributed by atoms with E-state index < -0.39 is 0 Å². The van der Waals surface area contributed by atoms with Crippen LogP contribution in [0.15, 0.2) is 30.3 Å². The SMILES string of the molecule is CCC(CC)C(=O)N(Cc1ccccc1)CC(C)(C)C. The van der Waals surface area contributed by atoms with Crippen LogP contribution in [0.25, 0.3) is 0 Å². The Kier molecular flexibility index (Phi) is 6.25. The van der Waals surface area contributed by atoms with E-state index in [1.165, 1.54) is 5.56 Å². The van der Waals surface area contributed by atoms with Crippen molar-refractivity contribution in [1.82, 2.24) is 4.90 Å². The molecule has 0 atom stereocenters. The van der Waals surface area contributed by atoms with Crippen LogP contribution in [0.1, 0.15) is 53.0 Å². The molecule has 0 heterocycles. The van der Waals surface area contributed by atoms with Gasteiger partial charge in [0.1, 0.15) is 0 Å². The van der Waals surface area contributed by atoms with E-state index >= 15 is 0 Å². The second-order valence-electron chi connectivity index (χ2n) is 6.75. The van der Waals surface area contributed by atoms with Gasteiger partial charge < -0.3 is 4.90 Å². The van der Waals surface area contributed by atoms with Crippen LogP contribution in [0.4, 0.5) is 0 Å². The molecule has 0 aliphatic rings. The van der Waals surface area contributed by atoms with Crippen LogP contribution < -0.4 is 0 Å². The molecule has 1 aromatic carbocycles. The van der Waals surface area contributed by atoms with Gasteiger partial charge in [-0.2, -0.15) is 0 Å². The molecular formula is C18H29NO. The number of nitrogens with zero attached hydrogens (tertiary/aromatic N) is 1. The first kappa shape index (κ1) is 16.7. The zero-order valence-corrected chi connectivity index (χ0v) is 13.6. The molecular weight excluding hydrogens is 246 g/mol. The third-order valence-electron chi connectivity index (χ3n) is 3.53. The molecule has 0 spiro atoms. The standard InChI is InChI=1S/C18H29NO/c1-6-16(7-2)17(20)19(14-18(3,4)5)13-15-11-9-8-10-12-15/h8-12,16H,6-7,13-14H2,1-5H3. The topological polar surface area (TPSA) is 20.3 Å². The van der Waals surface area contributed by atoms with Crippen LogP contribution >= 0.6 is 0 Å². The lowest BCUT2D eigenvalue weighted by Gasteiger charge is -2.32. The maximum absolute atomic E-state index is 12.7. The summed E-state index contributed by atoms with van der Waals surface area (Å²) in [7, 11) is 0. The molecule has 0 aromatic heterocycles. The van der Waals surface area contributed by atoms with E-state index in [2.05, 4.69) is 46.8 Å². The molecule has 0 saturated carbocycles. The molecule has 2 heteroatoms. The van der Waals surface area contributed by atoms with Crippen LogP contribution in [-0.4, -0.2) is 17.4 Å². The summed E-state index contributed by atoms with van der Waals surface area (Å²) >= 11 is 0. The molecule has 20 heavy (non-hydrogen) atoms. The van der Waals surface area contributed by atoms with Crippen LogP contribution in [0.3, 0.4) is 0 Å². The summed E-state index contributed by atoms with van der Waals surface area (Å²) in [6.07, 6.45) is 1.84. The van der Waals surface area contributed by atoms with Gasteiger partial charge in [-0.25, -0.2) is 0 Å². The quantitative estimate of drug-likeness (QED) is 0.748. The summed E-state index contributed by atoms with van der Waals surface area (Å²) in [4.78, 5) is 14.7. The molecule has 1 rings (SSSR count). The van der Waals surface area contributed by atoms with Crippen molar-refractivity contribution in [3.05, 3.63) is 35.9 Å². The van der Waals surface area contributed by atoms with Crippen molar-refractivity contribution in [2.24, 2.45) is 11.3 Å². The zero-order valence-electron chi connectivity index (χ0n) is 13.6. The van der Waals surface area contributed by atoms with Crippen molar-refractivity contribution >= 4 is 5.91 Å². The summed E-state index contributed by atoms with van der Waals surface area (Å²) in [6.45, 7) is 12.3. The maximum atomic E-state index is 12.7. The monoisotopic (exact) mass is 275 g/mol. The first-order valence-corrected chi connectivity index (χ1v) is 7.70. The summed E-state index contributed by atoms with van der Waals surface area (Å²) in [5.74, 6) is 0.454. The fourth-order valence-electron chi connectivity index (χ4n) is 2.48. The van der Waals surface area contributed by atoms with Gasteiger partial charge in [-0.3, -0.25) is 4.79 Å². The number of carbonyl (C=O) groups excluding carboxylic acids is 1. The van der Waals surface area contributed by atoms with Crippen molar-refractivity contribution < 1.29 is 4.79 Å². The molecule has 0 bridgehead atoms. The van der Waals surface area contributed by atoms with Crippen LogP contribution in [-0.2, 0) is 11.3 Å². The minimum atomic E-state index is 0.122. The molecule has 0 N–H and O–H groups in total. The van der Waals surface area contributed by atoms with Gasteiger partial charge in [0, 0.05) is 19.0 Å². The van der Waals surface area contributed by atoms with Gasteiger partial charge in [0.25, 0.3) is 0 Å². The van der Waals surface area contributed by atoms with Gasteiger partial charge in [-0.05, 0) is 23.8 Å². The second-order valence-corrected chi connectivity index (χ2v) is 6.75. The Morgan fingerprint density at radius 2 is 1.65 bits per heavy atom. The Labute approximate surface area is 124 Å². The number of benzene rings is 1. The maximum Gasteiger partial charge on any atom is 0.225 e. The Hall–Kier alpha value is -1.31. The van der Waals surface area contributed by atoms with Crippen molar-refractivity contribution in [2.75, 3.05) is 6.54 Å². The Balaban J connectivity index is 2.87. The van der Waals surface area contributed by atoms with Crippen molar-refractivity contribution in [1.29, 1.82) is 0 Å². The Bertz CT molecular complexity index is 401. The van der Waals surface area contributed by atoms with Crippen LogP contribution in [0.2, 0.25) is 0 Å². The van der Waals surface area contributed by atoms with Crippen LogP contribution in [0.5, 0.6) is 0 Å². The van der Waals surface area contributed by atoms with E-state index in [9.17, 15) is 4.79 Å².